The highest BCUT2D eigenvalue weighted by molar-refractivity contribution is 5.42. The molecule has 2 heteroatoms. The highest BCUT2D eigenvalue weighted by atomic mass is 19.1. The van der Waals surface area contributed by atoms with Gasteiger partial charge in [0.1, 0.15) is 5.82 Å². The molecule has 0 radical (unpaired) electrons. The zero-order valence-corrected chi connectivity index (χ0v) is 13.3. The van der Waals surface area contributed by atoms with Crippen LogP contribution in [0.15, 0.2) is 36.4 Å². The Kier molecular flexibility index (Phi) is 5.13. The molecule has 2 aromatic carbocycles. The number of hydrogen-bond donors (Lipinski definition) is 1. The monoisotopic (exact) mass is 285 g/mol. The average Bonchev–Trinajstić information content (AvgIpc) is 2.47. The molecule has 1 unspecified atom stereocenters. The van der Waals surface area contributed by atoms with Crippen LogP contribution < -0.4 is 5.32 Å². The van der Waals surface area contributed by atoms with Crippen LogP contribution in [0.25, 0.3) is 0 Å². The van der Waals surface area contributed by atoms with E-state index in [1.165, 1.54) is 11.1 Å². The summed E-state index contributed by atoms with van der Waals surface area (Å²) in [5.74, 6) is -0.105. The summed E-state index contributed by atoms with van der Waals surface area (Å²) in [6.45, 7) is 9.02. The van der Waals surface area contributed by atoms with Gasteiger partial charge in [-0.25, -0.2) is 4.39 Å². The van der Waals surface area contributed by atoms with Gasteiger partial charge in [-0.2, -0.15) is 0 Å². The second-order valence-electron chi connectivity index (χ2n) is 5.65. The standard InChI is InChI=1S/C19H24FN/c1-5-12-21-19(16-10-6-8-13(2)15(16)4)17-11-7-9-14(3)18(17)20/h6-11,19,21H,5,12H2,1-4H3. The summed E-state index contributed by atoms with van der Waals surface area (Å²) < 4.78 is 14.6. The first-order chi connectivity index (χ1) is 10.1. The summed E-state index contributed by atoms with van der Waals surface area (Å²) in [5.41, 5.74) is 5.06. The number of benzene rings is 2. The molecule has 0 aliphatic rings. The van der Waals surface area contributed by atoms with E-state index in [-0.39, 0.29) is 11.9 Å². The SMILES string of the molecule is CCCNC(c1cccc(C)c1C)c1cccc(C)c1F. The summed E-state index contributed by atoms with van der Waals surface area (Å²) in [6, 6.07) is 11.8. The molecule has 0 spiro atoms. The van der Waals surface area contributed by atoms with Crippen molar-refractivity contribution in [2.75, 3.05) is 6.54 Å². The van der Waals surface area contributed by atoms with Gasteiger partial charge in [-0.3, -0.25) is 0 Å². The molecule has 0 fully saturated rings. The molecule has 0 amide bonds. The smallest absolute Gasteiger partial charge is 0.131 e. The van der Waals surface area contributed by atoms with Gasteiger partial charge >= 0.3 is 0 Å². The topological polar surface area (TPSA) is 12.0 Å². The Bertz CT molecular complexity index is 567. The van der Waals surface area contributed by atoms with Crippen molar-refractivity contribution < 1.29 is 4.39 Å². The van der Waals surface area contributed by atoms with Gasteiger partial charge in [-0.05, 0) is 56.0 Å². The summed E-state index contributed by atoms with van der Waals surface area (Å²) in [6.07, 6.45) is 1.02. The van der Waals surface area contributed by atoms with Gasteiger partial charge in [-0.1, -0.05) is 43.3 Å². The minimum atomic E-state index is -0.105. The molecule has 0 bridgehead atoms. The van der Waals surface area contributed by atoms with Crippen molar-refractivity contribution in [2.24, 2.45) is 0 Å². The number of aryl methyl sites for hydroxylation is 2. The molecule has 2 rings (SSSR count). The van der Waals surface area contributed by atoms with Crippen LogP contribution in [0.3, 0.4) is 0 Å². The van der Waals surface area contributed by atoms with E-state index in [9.17, 15) is 4.39 Å². The Morgan fingerprint density at radius 3 is 2.24 bits per heavy atom. The zero-order valence-electron chi connectivity index (χ0n) is 13.3. The summed E-state index contributed by atoms with van der Waals surface area (Å²) in [7, 11) is 0. The lowest BCUT2D eigenvalue weighted by Gasteiger charge is -2.23. The predicted octanol–water partition coefficient (Wildman–Crippen LogP) is 4.84. The van der Waals surface area contributed by atoms with Crippen LogP contribution in [0.1, 0.15) is 47.2 Å². The normalized spacial score (nSPS) is 12.4. The fourth-order valence-corrected chi connectivity index (χ4v) is 2.66. The van der Waals surface area contributed by atoms with Crippen molar-refractivity contribution in [3.05, 3.63) is 70.0 Å². The van der Waals surface area contributed by atoms with E-state index in [1.807, 2.05) is 31.2 Å². The Morgan fingerprint density at radius 1 is 0.952 bits per heavy atom. The maximum absolute atomic E-state index is 14.6. The predicted molar refractivity (Wildman–Crippen MR) is 87.2 cm³/mol. The molecule has 1 atom stereocenters. The van der Waals surface area contributed by atoms with E-state index in [4.69, 9.17) is 0 Å². The quantitative estimate of drug-likeness (QED) is 0.829. The molecular weight excluding hydrogens is 261 g/mol. The summed E-state index contributed by atoms with van der Waals surface area (Å²) >= 11 is 0. The number of rotatable bonds is 5. The first-order valence-corrected chi connectivity index (χ1v) is 7.60. The van der Waals surface area contributed by atoms with Gasteiger partial charge in [-0.15, -0.1) is 0 Å². The van der Waals surface area contributed by atoms with Crippen LogP contribution in [0.4, 0.5) is 4.39 Å². The molecule has 112 valence electrons. The number of halogens is 1. The van der Waals surface area contributed by atoms with Crippen molar-refractivity contribution in [3.8, 4) is 0 Å². The Balaban J connectivity index is 2.52. The molecule has 0 saturated carbocycles. The van der Waals surface area contributed by atoms with E-state index >= 15 is 0 Å². The molecule has 0 aliphatic heterocycles. The lowest BCUT2D eigenvalue weighted by molar-refractivity contribution is 0.541. The fourth-order valence-electron chi connectivity index (χ4n) is 2.66. The first-order valence-electron chi connectivity index (χ1n) is 7.60. The third-order valence-corrected chi connectivity index (χ3v) is 4.09. The van der Waals surface area contributed by atoms with E-state index in [0.29, 0.717) is 5.56 Å². The van der Waals surface area contributed by atoms with Crippen LogP contribution in [0.2, 0.25) is 0 Å². The molecule has 1 nitrogen and oxygen atoms in total. The van der Waals surface area contributed by atoms with E-state index in [0.717, 1.165) is 24.1 Å². The van der Waals surface area contributed by atoms with Gasteiger partial charge in [0.25, 0.3) is 0 Å². The number of nitrogens with one attached hydrogen (secondary N) is 1. The Labute approximate surface area is 127 Å². The van der Waals surface area contributed by atoms with Crippen LogP contribution in [-0.2, 0) is 0 Å². The van der Waals surface area contributed by atoms with Gasteiger partial charge in [0.15, 0.2) is 0 Å². The molecule has 0 aliphatic carbocycles. The summed E-state index contributed by atoms with van der Waals surface area (Å²) in [5, 5.41) is 3.50. The van der Waals surface area contributed by atoms with Gasteiger partial charge in [0.2, 0.25) is 0 Å². The van der Waals surface area contributed by atoms with Gasteiger partial charge in [0.05, 0.1) is 6.04 Å². The van der Waals surface area contributed by atoms with Crippen LogP contribution >= 0.6 is 0 Å². The van der Waals surface area contributed by atoms with Crippen LogP contribution in [-0.4, -0.2) is 6.54 Å². The first kappa shape index (κ1) is 15.7. The molecule has 0 heterocycles. The van der Waals surface area contributed by atoms with Gasteiger partial charge in [0, 0.05) is 5.56 Å². The highest BCUT2D eigenvalue weighted by Gasteiger charge is 2.20. The van der Waals surface area contributed by atoms with Crippen molar-refractivity contribution in [1.82, 2.24) is 5.32 Å². The maximum Gasteiger partial charge on any atom is 0.131 e. The third-order valence-electron chi connectivity index (χ3n) is 4.09. The van der Waals surface area contributed by atoms with Crippen molar-refractivity contribution >= 4 is 0 Å². The Hall–Kier alpha value is -1.67. The lowest BCUT2D eigenvalue weighted by atomic mass is 9.91. The maximum atomic E-state index is 14.6. The molecule has 2 aromatic rings. The van der Waals surface area contributed by atoms with E-state index < -0.39 is 0 Å². The molecule has 0 aromatic heterocycles. The van der Waals surface area contributed by atoms with Crippen molar-refractivity contribution in [1.29, 1.82) is 0 Å². The molecule has 21 heavy (non-hydrogen) atoms. The van der Waals surface area contributed by atoms with E-state index in [1.54, 1.807) is 0 Å². The van der Waals surface area contributed by atoms with Crippen molar-refractivity contribution in [2.45, 2.75) is 40.2 Å². The lowest BCUT2D eigenvalue weighted by Crippen LogP contribution is -2.25. The minimum absolute atomic E-state index is 0.0928. The zero-order chi connectivity index (χ0) is 15.4. The largest absolute Gasteiger partial charge is 0.306 e. The van der Waals surface area contributed by atoms with E-state index in [2.05, 4.69) is 38.2 Å². The average molecular weight is 285 g/mol. The molecular formula is C19H24FN. The fraction of sp³-hybridized carbons (Fsp3) is 0.368. The highest BCUT2D eigenvalue weighted by Crippen LogP contribution is 2.29. The van der Waals surface area contributed by atoms with Crippen molar-refractivity contribution in [3.63, 3.8) is 0 Å². The summed E-state index contributed by atoms with van der Waals surface area (Å²) in [4.78, 5) is 0. The Morgan fingerprint density at radius 2 is 1.57 bits per heavy atom. The second-order valence-corrected chi connectivity index (χ2v) is 5.65. The number of hydrogen-bond acceptors (Lipinski definition) is 1. The van der Waals surface area contributed by atoms with Crippen LogP contribution in [0.5, 0.6) is 0 Å². The molecule has 0 saturated heterocycles. The van der Waals surface area contributed by atoms with Crippen LogP contribution in [0, 0.1) is 26.6 Å². The molecule has 1 N–H and O–H groups in total. The van der Waals surface area contributed by atoms with Gasteiger partial charge < -0.3 is 5.32 Å². The minimum Gasteiger partial charge on any atom is -0.306 e. The third kappa shape index (κ3) is 3.33. The second kappa shape index (κ2) is 6.86.